The van der Waals surface area contributed by atoms with E-state index in [0.717, 1.165) is 32.6 Å². The number of carboxylic acids is 1. The van der Waals surface area contributed by atoms with E-state index in [9.17, 15) is 4.79 Å². The molecule has 1 atom stereocenters. The molecule has 0 aromatic carbocycles. The molecule has 1 heterocycles. The minimum atomic E-state index is -0.954. The number of carbonyl (C=O) groups is 1. The Labute approximate surface area is 83.6 Å². The van der Waals surface area contributed by atoms with Gasteiger partial charge in [0.05, 0.1) is 0 Å². The van der Waals surface area contributed by atoms with Crippen molar-refractivity contribution in [2.45, 2.75) is 18.9 Å². The minimum absolute atomic E-state index is 0.340. The summed E-state index contributed by atoms with van der Waals surface area (Å²) >= 11 is 0. The van der Waals surface area contributed by atoms with Gasteiger partial charge in [0.25, 0.3) is 0 Å². The molecule has 5 heteroatoms. The Morgan fingerprint density at radius 3 is 2.79 bits per heavy atom. The molecule has 82 valence electrons. The maximum atomic E-state index is 10.4. The van der Waals surface area contributed by atoms with Gasteiger partial charge in [-0.15, -0.1) is 0 Å². The highest BCUT2D eigenvalue weighted by molar-refractivity contribution is 5.73. The van der Waals surface area contributed by atoms with Crippen LogP contribution >= 0.6 is 0 Å². The van der Waals surface area contributed by atoms with Crippen molar-refractivity contribution in [3.8, 4) is 0 Å². The largest absolute Gasteiger partial charge is 0.480 e. The molecule has 0 radical (unpaired) electrons. The van der Waals surface area contributed by atoms with E-state index in [1.807, 2.05) is 0 Å². The Morgan fingerprint density at radius 1 is 1.57 bits per heavy atom. The normalized spacial score (nSPS) is 20.6. The summed E-state index contributed by atoms with van der Waals surface area (Å²) in [5.74, 6) is -0.353. The molecule has 14 heavy (non-hydrogen) atoms. The maximum absolute atomic E-state index is 10.4. The average Bonchev–Trinajstić information content (AvgIpc) is 2.19. The molecule has 0 bridgehead atoms. The van der Waals surface area contributed by atoms with Gasteiger partial charge in [0, 0.05) is 19.8 Å². The van der Waals surface area contributed by atoms with Crippen LogP contribution in [-0.4, -0.2) is 43.4 Å². The number of nitrogens with two attached hydrogens (primary N) is 1. The van der Waals surface area contributed by atoms with Gasteiger partial charge in [-0.05, 0) is 25.3 Å². The van der Waals surface area contributed by atoms with Gasteiger partial charge in [-0.25, -0.2) is 0 Å². The standard InChI is InChI=1S/C9H18N2O3/c10-8(9(12)13)6-11-5-7-1-3-14-4-2-7/h7-8,11H,1-6,10H2,(H,12,13). The van der Waals surface area contributed by atoms with Crippen LogP contribution in [0.4, 0.5) is 0 Å². The van der Waals surface area contributed by atoms with Crippen molar-refractivity contribution in [3.63, 3.8) is 0 Å². The summed E-state index contributed by atoms with van der Waals surface area (Å²) < 4.78 is 5.22. The number of carboxylic acid groups (broad SMARTS) is 1. The Hall–Kier alpha value is -0.650. The first kappa shape index (κ1) is 11.4. The van der Waals surface area contributed by atoms with Crippen molar-refractivity contribution in [2.75, 3.05) is 26.3 Å². The van der Waals surface area contributed by atoms with Crippen molar-refractivity contribution in [1.82, 2.24) is 5.32 Å². The quantitative estimate of drug-likeness (QED) is 0.555. The first-order valence-corrected chi connectivity index (χ1v) is 4.97. The van der Waals surface area contributed by atoms with Gasteiger partial charge < -0.3 is 20.9 Å². The molecule has 0 aliphatic carbocycles. The fourth-order valence-electron chi connectivity index (χ4n) is 1.48. The van der Waals surface area contributed by atoms with Crippen LogP contribution in [0.25, 0.3) is 0 Å². The number of hydrogen-bond donors (Lipinski definition) is 3. The SMILES string of the molecule is NC(CNCC1CCOCC1)C(=O)O. The molecule has 0 spiro atoms. The summed E-state index contributed by atoms with van der Waals surface area (Å²) in [4.78, 5) is 10.4. The van der Waals surface area contributed by atoms with E-state index in [1.165, 1.54) is 0 Å². The van der Waals surface area contributed by atoms with Gasteiger partial charge in [-0.2, -0.15) is 0 Å². The summed E-state index contributed by atoms with van der Waals surface area (Å²) in [7, 11) is 0. The zero-order chi connectivity index (χ0) is 10.4. The van der Waals surface area contributed by atoms with Crippen molar-refractivity contribution >= 4 is 5.97 Å². The van der Waals surface area contributed by atoms with Crippen molar-refractivity contribution in [3.05, 3.63) is 0 Å². The molecule has 0 aromatic heterocycles. The third kappa shape index (κ3) is 4.04. The van der Waals surface area contributed by atoms with Gasteiger partial charge in [0.2, 0.25) is 0 Å². The Kier molecular flexibility index (Phi) is 4.86. The molecule has 1 fully saturated rings. The van der Waals surface area contributed by atoms with Crippen LogP contribution < -0.4 is 11.1 Å². The van der Waals surface area contributed by atoms with Crippen LogP contribution in [0.15, 0.2) is 0 Å². The third-order valence-corrected chi connectivity index (χ3v) is 2.46. The molecule has 0 saturated carbocycles. The molecule has 4 N–H and O–H groups in total. The molecule has 1 aliphatic rings. The zero-order valence-corrected chi connectivity index (χ0v) is 8.24. The lowest BCUT2D eigenvalue weighted by atomic mass is 10.0. The smallest absolute Gasteiger partial charge is 0.321 e. The summed E-state index contributed by atoms with van der Waals surface area (Å²) in [5.41, 5.74) is 5.35. The first-order valence-electron chi connectivity index (χ1n) is 4.97. The van der Waals surface area contributed by atoms with Crippen LogP contribution in [0, 0.1) is 5.92 Å². The molecule has 0 amide bonds. The highest BCUT2D eigenvalue weighted by Crippen LogP contribution is 2.12. The first-order chi connectivity index (χ1) is 6.70. The number of rotatable bonds is 5. The Balaban J connectivity index is 2.05. The molecule has 0 aromatic rings. The number of hydrogen-bond acceptors (Lipinski definition) is 4. The Morgan fingerprint density at radius 2 is 2.21 bits per heavy atom. The lowest BCUT2D eigenvalue weighted by Crippen LogP contribution is -2.42. The highest BCUT2D eigenvalue weighted by Gasteiger charge is 2.15. The average molecular weight is 202 g/mol. The second-order valence-corrected chi connectivity index (χ2v) is 3.66. The molecule has 1 aliphatic heterocycles. The number of ether oxygens (including phenoxy) is 1. The van der Waals surface area contributed by atoms with Crippen LogP contribution in [-0.2, 0) is 9.53 Å². The van der Waals surface area contributed by atoms with Gasteiger partial charge in [0.15, 0.2) is 0 Å². The fourth-order valence-corrected chi connectivity index (χ4v) is 1.48. The van der Waals surface area contributed by atoms with Gasteiger partial charge in [-0.1, -0.05) is 0 Å². The van der Waals surface area contributed by atoms with E-state index in [1.54, 1.807) is 0 Å². The lowest BCUT2D eigenvalue weighted by Gasteiger charge is -2.22. The summed E-state index contributed by atoms with van der Waals surface area (Å²) in [6.45, 7) is 2.81. The molecule has 5 nitrogen and oxygen atoms in total. The second kappa shape index (κ2) is 5.95. The molecular weight excluding hydrogens is 184 g/mol. The van der Waals surface area contributed by atoms with Crippen LogP contribution in [0.5, 0.6) is 0 Å². The second-order valence-electron chi connectivity index (χ2n) is 3.66. The predicted molar refractivity (Wildman–Crippen MR) is 52.0 cm³/mol. The minimum Gasteiger partial charge on any atom is -0.480 e. The van der Waals surface area contributed by atoms with E-state index in [4.69, 9.17) is 15.6 Å². The topological polar surface area (TPSA) is 84.6 Å². The molecule has 1 unspecified atom stereocenters. The van der Waals surface area contributed by atoms with E-state index in [2.05, 4.69) is 5.32 Å². The van der Waals surface area contributed by atoms with Crippen molar-refractivity contribution in [2.24, 2.45) is 11.7 Å². The van der Waals surface area contributed by atoms with Gasteiger partial charge >= 0.3 is 5.97 Å². The molecular formula is C9H18N2O3. The van der Waals surface area contributed by atoms with E-state index >= 15 is 0 Å². The van der Waals surface area contributed by atoms with Crippen molar-refractivity contribution < 1.29 is 14.6 Å². The van der Waals surface area contributed by atoms with E-state index < -0.39 is 12.0 Å². The van der Waals surface area contributed by atoms with E-state index in [0.29, 0.717) is 12.5 Å². The van der Waals surface area contributed by atoms with Crippen molar-refractivity contribution in [1.29, 1.82) is 0 Å². The fraction of sp³-hybridized carbons (Fsp3) is 0.889. The monoisotopic (exact) mass is 202 g/mol. The molecule has 1 saturated heterocycles. The van der Waals surface area contributed by atoms with Gasteiger partial charge in [-0.3, -0.25) is 4.79 Å². The van der Waals surface area contributed by atoms with Crippen LogP contribution in [0.2, 0.25) is 0 Å². The molecule has 1 rings (SSSR count). The van der Waals surface area contributed by atoms with E-state index in [-0.39, 0.29) is 0 Å². The summed E-state index contributed by atoms with van der Waals surface area (Å²) in [6, 6.07) is -0.796. The highest BCUT2D eigenvalue weighted by atomic mass is 16.5. The van der Waals surface area contributed by atoms with Crippen LogP contribution in [0.3, 0.4) is 0 Å². The van der Waals surface area contributed by atoms with Gasteiger partial charge in [0.1, 0.15) is 6.04 Å². The number of nitrogens with one attached hydrogen (secondary N) is 1. The summed E-state index contributed by atoms with van der Waals surface area (Å²) in [6.07, 6.45) is 2.10. The van der Waals surface area contributed by atoms with Crippen LogP contribution in [0.1, 0.15) is 12.8 Å². The maximum Gasteiger partial charge on any atom is 0.321 e. The summed E-state index contributed by atoms with van der Waals surface area (Å²) in [5, 5.41) is 11.6. The Bertz CT molecular complexity index is 181. The third-order valence-electron chi connectivity index (χ3n) is 2.46. The predicted octanol–water partition coefficient (Wildman–Crippen LogP) is -0.586. The number of aliphatic carboxylic acids is 1. The zero-order valence-electron chi connectivity index (χ0n) is 8.24. The lowest BCUT2D eigenvalue weighted by molar-refractivity contribution is -0.138.